The van der Waals surface area contributed by atoms with Gasteiger partial charge in [0.25, 0.3) is 0 Å². The van der Waals surface area contributed by atoms with Crippen LogP contribution in [0.25, 0.3) is 0 Å². The Morgan fingerprint density at radius 1 is 1.07 bits per heavy atom. The molecule has 2 aromatic rings. The zero-order chi connectivity index (χ0) is 21.8. The van der Waals surface area contributed by atoms with Crippen LogP contribution in [0.3, 0.4) is 0 Å². The molecule has 0 aromatic heterocycles. The first-order valence-corrected chi connectivity index (χ1v) is 11.8. The van der Waals surface area contributed by atoms with E-state index >= 15 is 0 Å². The van der Waals surface area contributed by atoms with Gasteiger partial charge in [-0.15, -0.1) is 0 Å². The number of aryl methyl sites for hydroxylation is 3. The van der Waals surface area contributed by atoms with Crippen LogP contribution >= 0.6 is 11.6 Å². The molecule has 1 amide bonds. The molecule has 0 aliphatic rings. The van der Waals surface area contributed by atoms with Crippen molar-refractivity contribution in [3.05, 3.63) is 63.7 Å². The molecule has 1 unspecified atom stereocenters. The van der Waals surface area contributed by atoms with Crippen molar-refractivity contribution in [2.45, 2.75) is 46.6 Å². The number of amides is 1. The normalized spacial score (nSPS) is 12.5. The van der Waals surface area contributed by atoms with E-state index in [1.807, 2.05) is 32.9 Å². The third-order valence-corrected chi connectivity index (χ3v) is 6.43. The summed E-state index contributed by atoms with van der Waals surface area (Å²) < 4.78 is 25.9. The van der Waals surface area contributed by atoms with Gasteiger partial charge in [0.2, 0.25) is 15.9 Å². The van der Waals surface area contributed by atoms with Gasteiger partial charge in [0, 0.05) is 18.0 Å². The van der Waals surface area contributed by atoms with Crippen molar-refractivity contribution >= 4 is 33.2 Å². The summed E-state index contributed by atoms with van der Waals surface area (Å²) >= 11 is 6.05. The minimum atomic E-state index is -3.49. The van der Waals surface area contributed by atoms with Crippen LogP contribution in [0.1, 0.15) is 48.1 Å². The largest absolute Gasteiger partial charge is 0.350 e. The first-order chi connectivity index (χ1) is 13.5. The molecule has 0 saturated heterocycles. The third kappa shape index (κ3) is 6.47. The van der Waals surface area contributed by atoms with E-state index in [4.69, 9.17) is 11.6 Å². The first kappa shape index (κ1) is 23.2. The second kappa shape index (κ2) is 9.63. The van der Waals surface area contributed by atoms with Crippen LogP contribution in [0.4, 0.5) is 5.69 Å². The number of carbonyl (C=O) groups is 1. The molecule has 0 radical (unpaired) electrons. The molecule has 2 rings (SSSR count). The van der Waals surface area contributed by atoms with Crippen molar-refractivity contribution in [3.63, 3.8) is 0 Å². The molecule has 5 nitrogen and oxygen atoms in total. The van der Waals surface area contributed by atoms with Crippen LogP contribution in [0.15, 0.2) is 36.4 Å². The average molecular weight is 437 g/mol. The third-order valence-electron chi connectivity index (χ3n) is 5.01. The van der Waals surface area contributed by atoms with E-state index in [0.717, 1.165) is 17.4 Å². The molecular weight excluding hydrogens is 408 g/mol. The molecule has 0 aliphatic heterocycles. The minimum Gasteiger partial charge on any atom is -0.350 e. The van der Waals surface area contributed by atoms with Crippen molar-refractivity contribution in [2.24, 2.45) is 0 Å². The molecule has 0 aliphatic carbocycles. The SMILES string of the molecule is Cc1ccc(C(C)NC(=O)CCCN(c2cc(Cl)ccc2C)S(C)(=O)=O)cc1C. The Morgan fingerprint density at radius 2 is 1.72 bits per heavy atom. The van der Waals surface area contributed by atoms with Gasteiger partial charge in [-0.1, -0.05) is 35.9 Å². The number of halogens is 1. The summed E-state index contributed by atoms with van der Waals surface area (Å²) in [7, 11) is -3.49. The van der Waals surface area contributed by atoms with Crippen molar-refractivity contribution < 1.29 is 13.2 Å². The zero-order valence-corrected chi connectivity index (χ0v) is 19.2. The van der Waals surface area contributed by atoms with E-state index in [2.05, 4.69) is 18.3 Å². The Labute approximate surface area is 179 Å². The summed E-state index contributed by atoms with van der Waals surface area (Å²) in [5, 5.41) is 3.46. The number of rotatable bonds is 8. The maximum atomic E-state index is 12.4. The number of anilines is 1. The highest BCUT2D eigenvalue weighted by molar-refractivity contribution is 7.92. The van der Waals surface area contributed by atoms with Gasteiger partial charge in [0.1, 0.15) is 0 Å². The van der Waals surface area contributed by atoms with Gasteiger partial charge in [0.15, 0.2) is 0 Å². The van der Waals surface area contributed by atoms with Crippen molar-refractivity contribution in [2.75, 3.05) is 17.1 Å². The van der Waals surface area contributed by atoms with E-state index in [1.165, 1.54) is 15.4 Å². The predicted molar refractivity (Wildman–Crippen MR) is 120 cm³/mol. The molecule has 29 heavy (non-hydrogen) atoms. The monoisotopic (exact) mass is 436 g/mol. The minimum absolute atomic E-state index is 0.105. The predicted octanol–water partition coefficient (Wildman–Crippen LogP) is 4.69. The summed E-state index contributed by atoms with van der Waals surface area (Å²) in [6, 6.07) is 11.2. The van der Waals surface area contributed by atoms with Crippen LogP contribution < -0.4 is 9.62 Å². The van der Waals surface area contributed by atoms with Crippen LogP contribution in [0.5, 0.6) is 0 Å². The van der Waals surface area contributed by atoms with Crippen LogP contribution in [-0.2, 0) is 14.8 Å². The molecule has 0 saturated carbocycles. The van der Waals surface area contributed by atoms with Crippen molar-refractivity contribution in [1.82, 2.24) is 5.32 Å². The fourth-order valence-electron chi connectivity index (χ4n) is 3.13. The molecule has 1 N–H and O–H groups in total. The highest BCUT2D eigenvalue weighted by Crippen LogP contribution is 2.26. The molecule has 0 bridgehead atoms. The van der Waals surface area contributed by atoms with Gasteiger partial charge in [-0.2, -0.15) is 0 Å². The summed E-state index contributed by atoms with van der Waals surface area (Å²) in [5.41, 5.74) is 4.80. The van der Waals surface area contributed by atoms with E-state index < -0.39 is 10.0 Å². The molecule has 1 atom stereocenters. The number of sulfonamides is 1. The molecule has 7 heteroatoms. The Hall–Kier alpha value is -2.05. The maximum Gasteiger partial charge on any atom is 0.232 e. The summed E-state index contributed by atoms with van der Waals surface area (Å²) in [6.07, 6.45) is 1.81. The standard InChI is InChI=1S/C22H29ClN2O3S/c1-15-8-10-19(13-17(15)3)18(4)24-22(26)7-6-12-25(29(5,27)28)21-14-20(23)11-9-16(21)2/h8-11,13-14,18H,6-7,12H2,1-5H3,(H,24,26). The Balaban J connectivity index is 1.99. The molecule has 2 aromatic carbocycles. The fourth-order valence-corrected chi connectivity index (χ4v) is 4.31. The van der Waals surface area contributed by atoms with Gasteiger partial charge >= 0.3 is 0 Å². The zero-order valence-electron chi connectivity index (χ0n) is 17.6. The van der Waals surface area contributed by atoms with Crippen LogP contribution in [0, 0.1) is 20.8 Å². The Kier molecular flexibility index (Phi) is 7.72. The fraction of sp³-hybridized carbons (Fsp3) is 0.409. The number of hydrogen-bond donors (Lipinski definition) is 1. The number of carbonyl (C=O) groups excluding carboxylic acids is 1. The molecule has 0 heterocycles. The summed E-state index contributed by atoms with van der Waals surface area (Å²) in [6.45, 7) is 8.09. The quantitative estimate of drug-likeness (QED) is 0.652. The molecule has 0 spiro atoms. The van der Waals surface area contributed by atoms with Gasteiger partial charge in [-0.25, -0.2) is 8.42 Å². The van der Waals surface area contributed by atoms with Gasteiger partial charge in [-0.05, 0) is 68.5 Å². The number of nitrogens with zero attached hydrogens (tertiary/aromatic N) is 1. The lowest BCUT2D eigenvalue weighted by Gasteiger charge is -2.24. The molecule has 158 valence electrons. The van der Waals surface area contributed by atoms with Gasteiger partial charge in [-0.3, -0.25) is 9.10 Å². The number of benzene rings is 2. The lowest BCUT2D eigenvalue weighted by Crippen LogP contribution is -2.33. The first-order valence-electron chi connectivity index (χ1n) is 9.59. The van der Waals surface area contributed by atoms with E-state index in [1.54, 1.807) is 18.2 Å². The summed E-state index contributed by atoms with van der Waals surface area (Å²) in [4.78, 5) is 12.4. The average Bonchev–Trinajstić information content (AvgIpc) is 2.62. The number of hydrogen-bond acceptors (Lipinski definition) is 3. The topological polar surface area (TPSA) is 66.5 Å². The smallest absolute Gasteiger partial charge is 0.232 e. The lowest BCUT2D eigenvalue weighted by atomic mass is 10.0. The highest BCUT2D eigenvalue weighted by Gasteiger charge is 2.20. The van der Waals surface area contributed by atoms with Crippen LogP contribution in [-0.4, -0.2) is 27.1 Å². The van der Waals surface area contributed by atoms with E-state index in [9.17, 15) is 13.2 Å². The second-order valence-electron chi connectivity index (χ2n) is 7.50. The van der Waals surface area contributed by atoms with E-state index in [-0.39, 0.29) is 24.9 Å². The highest BCUT2D eigenvalue weighted by atomic mass is 35.5. The molecule has 0 fully saturated rings. The Morgan fingerprint density at radius 3 is 2.34 bits per heavy atom. The van der Waals surface area contributed by atoms with Crippen molar-refractivity contribution in [3.8, 4) is 0 Å². The molecular formula is C22H29ClN2O3S. The van der Waals surface area contributed by atoms with Gasteiger partial charge < -0.3 is 5.32 Å². The van der Waals surface area contributed by atoms with E-state index in [0.29, 0.717) is 17.1 Å². The Bertz CT molecular complexity index is 990. The number of nitrogens with one attached hydrogen (secondary N) is 1. The second-order valence-corrected chi connectivity index (χ2v) is 9.85. The van der Waals surface area contributed by atoms with Crippen LogP contribution in [0.2, 0.25) is 5.02 Å². The van der Waals surface area contributed by atoms with Crippen molar-refractivity contribution in [1.29, 1.82) is 0 Å². The lowest BCUT2D eigenvalue weighted by molar-refractivity contribution is -0.121. The summed E-state index contributed by atoms with van der Waals surface area (Å²) in [5.74, 6) is -0.105. The maximum absolute atomic E-state index is 12.4. The van der Waals surface area contributed by atoms with Gasteiger partial charge in [0.05, 0.1) is 18.0 Å².